The molecule has 0 radical (unpaired) electrons. The number of allylic oxidation sites excluding steroid dienone is 1. The summed E-state index contributed by atoms with van der Waals surface area (Å²) in [4.78, 5) is 7.12. The van der Waals surface area contributed by atoms with Crippen molar-refractivity contribution in [3.63, 3.8) is 0 Å². The Kier molecular flexibility index (Phi) is 5.19. The number of hydrogen-bond donors (Lipinski definition) is 2. The second-order valence-electron chi connectivity index (χ2n) is 6.69. The molecule has 144 valence electrons. The summed E-state index contributed by atoms with van der Waals surface area (Å²) in [6, 6.07) is 16.0. The molecule has 0 saturated heterocycles. The number of methoxy groups -OCH3 is 2. The Hall–Kier alpha value is -3.41. The molecule has 1 atom stereocenters. The number of anilines is 1. The standard InChI is InChI=1S/C22H24N4O2/c1-27-19-11-16(12-20(13-19)28-2)15-26-10-6-7-17-14-23-22(25-21(17)26)24-18-8-4-3-5-9-18/h3-6,8-14,21H,7,15H2,1-2H3,(H2,23,24,25). The number of ether oxygens (including phenoxy) is 2. The second-order valence-corrected chi connectivity index (χ2v) is 6.69. The third-order valence-corrected chi connectivity index (χ3v) is 4.75. The number of aliphatic imine (C=N–C) groups is 1. The number of nitrogens with zero attached hydrogens (tertiary/aromatic N) is 2. The lowest BCUT2D eigenvalue weighted by Crippen LogP contribution is -2.41. The molecule has 0 fully saturated rings. The van der Waals surface area contributed by atoms with Crippen molar-refractivity contribution in [3.05, 3.63) is 78.1 Å². The van der Waals surface area contributed by atoms with Crippen molar-refractivity contribution in [2.75, 3.05) is 19.5 Å². The highest BCUT2D eigenvalue weighted by Gasteiger charge is 2.26. The number of fused-ring (bicyclic) bond motifs is 1. The minimum Gasteiger partial charge on any atom is -0.497 e. The van der Waals surface area contributed by atoms with Crippen molar-refractivity contribution < 1.29 is 9.47 Å². The molecular weight excluding hydrogens is 352 g/mol. The minimum absolute atomic E-state index is 0.0466. The van der Waals surface area contributed by atoms with Crippen molar-refractivity contribution in [2.45, 2.75) is 19.1 Å². The van der Waals surface area contributed by atoms with Crippen LogP contribution >= 0.6 is 0 Å². The molecule has 0 spiro atoms. The minimum atomic E-state index is -0.0466. The number of guanidine groups is 1. The van der Waals surface area contributed by atoms with Gasteiger partial charge in [-0.05, 0) is 48.0 Å². The largest absolute Gasteiger partial charge is 0.497 e. The van der Waals surface area contributed by atoms with Crippen LogP contribution in [0, 0.1) is 0 Å². The van der Waals surface area contributed by atoms with E-state index in [4.69, 9.17) is 14.5 Å². The van der Waals surface area contributed by atoms with E-state index in [0.29, 0.717) is 6.54 Å². The van der Waals surface area contributed by atoms with E-state index in [-0.39, 0.29) is 6.17 Å². The van der Waals surface area contributed by atoms with Gasteiger partial charge in [-0.1, -0.05) is 24.3 Å². The predicted octanol–water partition coefficient (Wildman–Crippen LogP) is 3.70. The summed E-state index contributed by atoms with van der Waals surface area (Å²) in [5.41, 5.74) is 3.34. The zero-order valence-corrected chi connectivity index (χ0v) is 16.1. The van der Waals surface area contributed by atoms with Gasteiger partial charge in [0.15, 0.2) is 0 Å². The second kappa shape index (κ2) is 8.08. The maximum Gasteiger partial charge on any atom is 0.202 e. The molecule has 6 heteroatoms. The first kappa shape index (κ1) is 18.0. The summed E-state index contributed by atoms with van der Waals surface area (Å²) in [5, 5.41) is 6.60. The molecule has 0 aliphatic carbocycles. The van der Waals surface area contributed by atoms with Crippen LogP contribution < -0.4 is 20.1 Å². The zero-order valence-electron chi connectivity index (χ0n) is 16.1. The molecule has 0 saturated carbocycles. The molecule has 2 aliphatic heterocycles. The summed E-state index contributed by atoms with van der Waals surface area (Å²) < 4.78 is 10.8. The number of para-hydroxylation sites is 1. The van der Waals surface area contributed by atoms with Gasteiger partial charge in [-0.2, -0.15) is 0 Å². The van der Waals surface area contributed by atoms with Crippen molar-refractivity contribution >= 4 is 11.6 Å². The summed E-state index contributed by atoms with van der Waals surface area (Å²) in [6.45, 7) is 0.703. The van der Waals surface area contributed by atoms with Gasteiger partial charge < -0.3 is 25.0 Å². The quantitative estimate of drug-likeness (QED) is 0.833. The highest BCUT2D eigenvalue weighted by Crippen LogP contribution is 2.28. The average molecular weight is 376 g/mol. The number of benzene rings is 2. The third-order valence-electron chi connectivity index (χ3n) is 4.75. The molecule has 2 aromatic carbocycles. The van der Waals surface area contributed by atoms with E-state index < -0.39 is 0 Å². The smallest absolute Gasteiger partial charge is 0.202 e. The molecule has 1 unspecified atom stereocenters. The normalized spacial score (nSPS) is 17.8. The van der Waals surface area contributed by atoms with E-state index >= 15 is 0 Å². The average Bonchev–Trinajstić information content (AvgIpc) is 2.74. The molecule has 2 N–H and O–H groups in total. The van der Waals surface area contributed by atoms with Crippen LogP contribution in [0.5, 0.6) is 11.5 Å². The van der Waals surface area contributed by atoms with E-state index in [2.05, 4.69) is 27.8 Å². The van der Waals surface area contributed by atoms with Gasteiger partial charge in [0.2, 0.25) is 5.96 Å². The molecule has 2 aromatic rings. The van der Waals surface area contributed by atoms with Crippen molar-refractivity contribution in [2.24, 2.45) is 4.99 Å². The monoisotopic (exact) mass is 376 g/mol. The van der Waals surface area contributed by atoms with E-state index in [1.54, 1.807) is 14.2 Å². The van der Waals surface area contributed by atoms with Crippen LogP contribution in [0.2, 0.25) is 0 Å². The Bertz CT molecular complexity index is 899. The van der Waals surface area contributed by atoms with Crippen LogP contribution in [0.25, 0.3) is 0 Å². The van der Waals surface area contributed by atoms with Crippen molar-refractivity contribution in [3.8, 4) is 11.5 Å². The van der Waals surface area contributed by atoms with Crippen LogP contribution in [-0.4, -0.2) is 31.2 Å². The highest BCUT2D eigenvalue weighted by molar-refractivity contribution is 5.95. The Morgan fingerprint density at radius 2 is 1.86 bits per heavy atom. The van der Waals surface area contributed by atoms with E-state index in [1.807, 2.05) is 54.7 Å². The van der Waals surface area contributed by atoms with Crippen LogP contribution in [-0.2, 0) is 6.54 Å². The predicted molar refractivity (Wildman–Crippen MR) is 111 cm³/mol. The fourth-order valence-electron chi connectivity index (χ4n) is 3.37. The van der Waals surface area contributed by atoms with E-state index in [0.717, 1.165) is 35.1 Å². The van der Waals surface area contributed by atoms with E-state index in [9.17, 15) is 0 Å². The van der Waals surface area contributed by atoms with Gasteiger partial charge in [0, 0.05) is 24.5 Å². The summed E-state index contributed by atoms with van der Waals surface area (Å²) in [5.74, 6) is 2.31. The summed E-state index contributed by atoms with van der Waals surface area (Å²) in [7, 11) is 3.33. The van der Waals surface area contributed by atoms with Crippen molar-refractivity contribution in [1.82, 2.24) is 10.2 Å². The van der Waals surface area contributed by atoms with Crippen LogP contribution in [0.3, 0.4) is 0 Å². The fraction of sp³-hybridized carbons (Fsp3) is 0.227. The van der Waals surface area contributed by atoms with E-state index in [1.165, 1.54) is 5.57 Å². The SMILES string of the molecule is COc1cc(CN2C=CCC3=CNC(Nc4ccccc4)=NC32)cc(OC)c1. The van der Waals surface area contributed by atoms with Crippen LogP contribution in [0.1, 0.15) is 12.0 Å². The van der Waals surface area contributed by atoms with Gasteiger partial charge >= 0.3 is 0 Å². The topological polar surface area (TPSA) is 58.1 Å². The summed E-state index contributed by atoms with van der Waals surface area (Å²) >= 11 is 0. The van der Waals surface area contributed by atoms with Crippen molar-refractivity contribution in [1.29, 1.82) is 0 Å². The summed E-state index contributed by atoms with van der Waals surface area (Å²) in [6.07, 6.45) is 7.16. The number of rotatable bonds is 5. The highest BCUT2D eigenvalue weighted by atomic mass is 16.5. The molecular formula is C22H24N4O2. The van der Waals surface area contributed by atoms with Crippen LogP contribution in [0.15, 0.2) is 77.6 Å². The first-order chi connectivity index (χ1) is 13.7. The molecule has 28 heavy (non-hydrogen) atoms. The molecule has 0 amide bonds. The van der Waals surface area contributed by atoms with Gasteiger partial charge in [0.05, 0.1) is 14.2 Å². The maximum absolute atomic E-state index is 5.40. The van der Waals surface area contributed by atoms with Gasteiger partial charge in [0.25, 0.3) is 0 Å². The lowest BCUT2D eigenvalue weighted by molar-refractivity contribution is 0.290. The third kappa shape index (κ3) is 3.96. The Morgan fingerprint density at radius 3 is 2.57 bits per heavy atom. The molecule has 2 heterocycles. The Balaban J connectivity index is 1.56. The Morgan fingerprint density at radius 1 is 1.11 bits per heavy atom. The Labute approximate surface area is 165 Å². The zero-order chi connectivity index (χ0) is 19.3. The maximum atomic E-state index is 5.40. The van der Waals surface area contributed by atoms with Crippen LogP contribution in [0.4, 0.5) is 5.69 Å². The molecule has 4 rings (SSSR count). The molecule has 6 nitrogen and oxygen atoms in total. The molecule has 0 bridgehead atoms. The van der Waals surface area contributed by atoms with Gasteiger partial charge in [-0.15, -0.1) is 0 Å². The first-order valence-electron chi connectivity index (χ1n) is 9.25. The van der Waals surface area contributed by atoms with Gasteiger partial charge in [0.1, 0.15) is 17.7 Å². The lowest BCUT2D eigenvalue weighted by atomic mass is 10.0. The molecule has 0 aromatic heterocycles. The fourth-order valence-corrected chi connectivity index (χ4v) is 3.37. The first-order valence-corrected chi connectivity index (χ1v) is 9.25. The number of hydrogen-bond acceptors (Lipinski definition) is 6. The number of nitrogens with one attached hydrogen (secondary N) is 2. The molecule has 2 aliphatic rings. The van der Waals surface area contributed by atoms with Gasteiger partial charge in [-0.25, -0.2) is 4.99 Å². The van der Waals surface area contributed by atoms with Gasteiger partial charge in [-0.3, -0.25) is 0 Å². The lowest BCUT2D eigenvalue weighted by Gasteiger charge is -2.35.